The maximum absolute atomic E-state index is 11.2. The highest BCUT2D eigenvalue weighted by molar-refractivity contribution is 5.69. The Morgan fingerprint density at radius 2 is 1.50 bits per heavy atom. The summed E-state index contributed by atoms with van der Waals surface area (Å²) in [6, 6.07) is 0. The number of esters is 1. The van der Waals surface area contributed by atoms with Gasteiger partial charge in [-0.3, -0.25) is 4.79 Å². The van der Waals surface area contributed by atoms with Crippen LogP contribution >= 0.6 is 0 Å². The normalized spacial score (nSPS) is 10.9. The van der Waals surface area contributed by atoms with Crippen LogP contribution in [0.15, 0.2) is 0 Å². The average Bonchev–Trinajstić information content (AvgIpc) is 2.30. The second kappa shape index (κ2) is 12.8. The molecule has 0 radical (unpaired) electrons. The van der Waals surface area contributed by atoms with Crippen molar-refractivity contribution in [3.05, 3.63) is 0 Å². The molecule has 5 N–H and O–H groups in total. The summed E-state index contributed by atoms with van der Waals surface area (Å²) in [7, 11) is 0. The van der Waals surface area contributed by atoms with Crippen molar-refractivity contribution >= 4 is 5.97 Å². The second-order valence-electron chi connectivity index (χ2n) is 4.33. The van der Waals surface area contributed by atoms with Crippen molar-refractivity contribution in [3.8, 4) is 0 Å². The summed E-state index contributed by atoms with van der Waals surface area (Å²) in [5.41, 5.74) is 5.35. The lowest BCUT2D eigenvalue weighted by atomic mass is 10.4. The van der Waals surface area contributed by atoms with Gasteiger partial charge < -0.3 is 26.4 Å². The molecule has 0 atom stereocenters. The number of hydrogen-bond acceptors (Lipinski definition) is 6. The topological polar surface area (TPSA) is 88.4 Å². The van der Waals surface area contributed by atoms with Crippen LogP contribution < -0.4 is 21.7 Å². The van der Waals surface area contributed by atoms with Gasteiger partial charge in [0.2, 0.25) is 0 Å². The van der Waals surface area contributed by atoms with E-state index in [1.807, 2.05) is 13.8 Å². The molecule has 0 aromatic rings. The molecule has 0 aliphatic rings. The molecule has 0 heterocycles. The first kappa shape index (κ1) is 17.3. The van der Waals surface area contributed by atoms with Crippen molar-refractivity contribution in [1.82, 2.24) is 16.0 Å². The van der Waals surface area contributed by atoms with Crippen LogP contribution in [0.25, 0.3) is 0 Å². The molecule has 0 unspecified atom stereocenters. The molecular weight excluding hydrogens is 232 g/mol. The standard InChI is InChI=1S/C12H28N4O2/c1-11(2)18-12(17)3-5-14-7-9-16-10-8-15-6-4-13/h11,14-16H,3-10,13H2,1-2H3. The molecule has 0 aliphatic carbocycles. The van der Waals surface area contributed by atoms with Gasteiger partial charge in [0.15, 0.2) is 0 Å². The molecule has 6 nitrogen and oxygen atoms in total. The van der Waals surface area contributed by atoms with Crippen LogP contribution in [-0.2, 0) is 9.53 Å². The highest BCUT2D eigenvalue weighted by atomic mass is 16.5. The molecule has 0 aromatic carbocycles. The zero-order chi connectivity index (χ0) is 13.6. The molecule has 0 spiro atoms. The Labute approximate surface area is 110 Å². The van der Waals surface area contributed by atoms with Gasteiger partial charge >= 0.3 is 5.97 Å². The summed E-state index contributed by atoms with van der Waals surface area (Å²) in [4.78, 5) is 11.2. The molecule has 0 saturated carbocycles. The summed E-state index contributed by atoms with van der Waals surface area (Å²) in [6.07, 6.45) is 0.399. The predicted octanol–water partition coefficient (Wildman–Crippen LogP) is -0.944. The largest absolute Gasteiger partial charge is 0.463 e. The highest BCUT2D eigenvalue weighted by Crippen LogP contribution is 1.91. The van der Waals surface area contributed by atoms with E-state index in [0.29, 0.717) is 19.5 Å². The van der Waals surface area contributed by atoms with Crippen LogP contribution in [0.4, 0.5) is 0 Å². The molecule has 108 valence electrons. The van der Waals surface area contributed by atoms with Crippen molar-refractivity contribution < 1.29 is 9.53 Å². The van der Waals surface area contributed by atoms with E-state index in [-0.39, 0.29) is 12.1 Å². The van der Waals surface area contributed by atoms with Crippen molar-refractivity contribution in [3.63, 3.8) is 0 Å². The van der Waals surface area contributed by atoms with Gasteiger partial charge in [-0.05, 0) is 13.8 Å². The number of nitrogens with two attached hydrogens (primary N) is 1. The summed E-state index contributed by atoms with van der Waals surface area (Å²) in [5, 5.41) is 9.67. The molecular formula is C12H28N4O2. The van der Waals surface area contributed by atoms with Crippen molar-refractivity contribution in [2.45, 2.75) is 26.4 Å². The Balaban J connectivity index is 3.09. The first-order valence-corrected chi connectivity index (χ1v) is 6.68. The molecule has 0 bridgehead atoms. The SMILES string of the molecule is CC(C)OC(=O)CCNCCNCCNCCN. The van der Waals surface area contributed by atoms with Gasteiger partial charge in [-0.15, -0.1) is 0 Å². The van der Waals surface area contributed by atoms with Gasteiger partial charge in [0.1, 0.15) is 0 Å². The minimum absolute atomic E-state index is 0.0276. The van der Waals surface area contributed by atoms with Crippen LogP contribution in [0.5, 0.6) is 0 Å². The lowest BCUT2D eigenvalue weighted by molar-refractivity contribution is -0.147. The zero-order valence-corrected chi connectivity index (χ0v) is 11.6. The van der Waals surface area contributed by atoms with Gasteiger partial charge in [0, 0.05) is 45.8 Å². The Morgan fingerprint density at radius 1 is 1.00 bits per heavy atom. The van der Waals surface area contributed by atoms with Crippen LogP contribution in [0.2, 0.25) is 0 Å². The third-order valence-electron chi connectivity index (χ3n) is 2.15. The summed E-state index contributed by atoms with van der Waals surface area (Å²) in [5.74, 6) is -0.142. The number of ether oxygens (including phenoxy) is 1. The van der Waals surface area contributed by atoms with E-state index in [1.165, 1.54) is 0 Å². The molecule has 18 heavy (non-hydrogen) atoms. The minimum atomic E-state index is -0.142. The quantitative estimate of drug-likeness (QED) is 0.267. The van der Waals surface area contributed by atoms with Gasteiger partial charge in [0.25, 0.3) is 0 Å². The summed E-state index contributed by atoms with van der Waals surface area (Å²) >= 11 is 0. The second-order valence-corrected chi connectivity index (χ2v) is 4.33. The van der Waals surface area contributed by atoms with Gasteiger partial charge in [-0.25, -0.2) is 0 Å². The van der Waals surface area contributed by atoms with Crippen LogP contribution in [0.3, 0.4) is 0 Å². The maximum atomic E-state index is 11.2. The van der Waals surface area contributed by atoms with Crippen LogP contribution in [-0.4, -0.2) is 57.9 Å². The molecule has 0 aromatic heterocycles. The fourth-order valence-corrected chi connectivity index (χ4v) is 1.34. The molecule has 0 saturated heterocycles. The van der Waals surface area contributed by atoms with E-state index in [9.17, 15) is 4.79 Å². The first-order chi connectivity index (χ1) is 8.66. The third kappa shape index (κ3) is 13.4. The minimum Gasteiger partial charge on any atom is -0.463 e. The van der Waals surface area contributed by atoms with Crippen LogP contribution in [0, 0.1) is 0 Å². The van der Waals surface area contributed by atoms with E-state index in [2.05, 4.69) is 16.0 Å². The predicted molar refractivity (Wildman–Crippen MR) is 73.5 cm³/mol. The van der Waals surface area contributed by atoms with Gasteiger partial charge in [-0.1, -0.05) is 0 Å². The number of hydrogen-bond donors (Lipinski definition) is 4. The van der Waals surface area contributed by atoms with Gasteiger partial charge in [0.05, 0.1) is 12.5 Å². The van der Waals surface area contributed by atoms with Crippen LogP contribution in [0.1, 0.15) is 20.3 Å². The average molecular weight is 260 g/mol. The molecule has 0 fully saturated rings. The third-order valence-corrected chi connectivity index (χ3v) is 2.15. The summed E-state index contributed by atoms with van der Waals surface area (Å²) < 4.78 is 5.02. The lowest BCUT2D eigenvalue weighted by Gasteiger charge is -2.09. The van der Waals surface area contributed by atoms with Crippen molar-refractivity contribution in [2.24, 2.45) is 5.73 Å². The number of carbonyl (C=O) groups is 1. The van der Waals surface area contributed by atoms with E-state index in [0.717, 1.165) is 32.7 Å². The highest BCUT2D eigenvalue weighted by Gasteiger charge is 2.03. The molecule has 0 aliphatic heterocycles. The van der Waals surface area contributed by atoms with E-state index in [4.69, 9.17) is 10.5 Å². The van der Waals surface area contributed by atoms with E-state index < -0.39 is 0 Å². The molecule has 0 rings (SSSR count). The van der Waals surface area contributed by atoms with Crippen molar-refractivity contribution in [2.75, 3.05) is 45.8 Å². The van der Waals surface area contributed by atoms with E-state index in [1.54, 1.807) is 0 Å². The zero-order valence-electron chi connectivity index (χ0n) is 11.6. The molecule has 6 heteroatoms. The molecule has 0 amide bonds. The Kier molecular flexibility index (Phi) is 12.3. The first-order valence-electron chi connectivity index (χ1n) is 6.68. The Bertz CT molecular complexity index is 201. The van der Waals surface area contributed by atoms with Gasteiger partial charge in [-0.2, -0.15) is 0 Å². The fraction of sp³-hybridized carbons (Fsp3) is 0.917. The Morgan fingerprint density at radius 3 is 2.00 bits per heavy atom. The van der Waals surface area contributed by atoms with E-state index >= 15 is 0 Å². The monoisotopic (exact) mass is 260 g/mol. The fourth-order valence-electron chi connectivity index (χ4n) is 1.34. The maximum Gasteiger partial charge on any atom is 0.307 e. The smallest absolute Gasteiger partial charge is 0.307 e. The lowest BCUT2D eigenvalue weighted by Crippen LogP contribution is -2.34. The number of carbonyl (C=O) groups excluding carboxylic acids is 1. The number of nitrogens with one attached hydrogen (secondary N) is 3. The Hall–Kier alpha value is -0.690. The summed E-state index contributed by atoms with van der Waals surface area (Å²) in [6.45, 7) is 9.51. The number of rotatable bonds is 12. The van der Waals surface area contributed by atoms with Crippen molar-refractivity contribution in [1.29, 1.82) is 0 Å².